The highest BCUT2D eigenvalue weighted by molar-refractivity contribution is 6.25. The zero-order chi connectivity index (χ0) is 36.9. The quantitative estimate of drug-likeness (QED) is 0.117. The zero-order valence-corrected chi connectivity index (χ0v) is 29.9. The summed E-state index contributed by atoms with van der Waals surface area (Å²) in [4.78, 5) is 26.1. The van der Waals surface area contributed by atoms with Gasteiger partial charge in [0, 0.05) is 21.9 Å². The number of pyridine rings is 2. The van der Waals surface area contributed by atoms with E-state index >= 15 is 4.79 Å². The first-order chi connectivity index (χ1) is 26.6. The number of nitrogens with zero attached hydrogens (tertiary/aromatic N) is 2. The number of benzene rings is 6. The Bertz CT molecular complexity index is 2430. The Morgan fingerprint density at radius 3 is 1.31 bits per heavy atom. The standard InChI is InChI=1S/C47H36N2O5/c1-51-35-21-13-19-33(27-35)43-46(53-29-31-15-5-3-6-16-31)41(37-23-9-11-25-39(37)48-43)45(50)42-38-24-10-12-26-40(38)49-44(34-20-14-22-36(28-34)52-2)47(42)54-30-32-17-7-4-8-18-32/h3-28H,29-30H2,1-2H3. The Hall–Kier alpha value is -6.99. The van der Waals surface area contributed by atoms with Crippen molar-refractivity contribution in [2.24, 2.45) is 0 Å². The van der Waals surface area contributed by atoms with Crippen molar-refractivity contribution in [2.45, 2.75) is 13.2 Å². The molecule has 264 valence electrons. The first kappa shape index (κ1) is 34.1. The lowest BCUT2D eigenvalue weighted by molar-refractivity contribution is 0.103. The Morgan fingerprint density at radius 1 is 0.481 bits per heavy atom. The Balaban J connectivity index is 1.43. The van der Waals surface area contributed by atoms with Crippen LogP contribution in [0.3, 0.4) is 0 Å². The second-order valence-corrected chi connectivity index (χ2v) is 12.7. The smallest absolute Gasteiger partial charge is 0.202 e. The number of carbonyl (C=O) groups excluding carboxylic acids is 1. The molecular formula is C47H36N2O5. The molecule has 0 unspecified atom stereocenters. The van der Waals surface area contributed by atoms with Crippen LogP contribution < -0.4 is 18.9 Å². The van der Waals surface area contributed by atoms with E-state index in [9.17, 15) is 0 Å². The molecule has 2 heterocycles. The van der Waals surface area contributed by atoms with E-state index in [4.69, 9.17) is 28.9 Å². The molecule has 7 heteroatoms. The van der Waals surface area contributed by atoms with Crippen LogP contribution in [0.5, 0.6) is 23.0 Å². The molecule has 0 bridgehead atoms. The van der Waals surface area contributed by atoms with E-state index in [1.54, 1.807) is 14.2 Å². The van der Waals surface area contributed by atoms with Crippen molar-refractivity contribution in [2.75, 3.05) is 14.2 Å². The summed E-state index contributed by atoms with van der Waals surface area (Å²) in [6.45, 7) is 0.420. The summed E-state index contributed by atoms with van der Waals surface area (Å²) in [5.41, 5.74) is 6.44. The van der Waals surface area contributed by atoms with Crippen molar-refractivity contribution in [1.82, 2.24) is 9.97 Å². The van der Waals surface area contributed by atoms with Crippen LogP contribution in [0.2, 0.25) is 0 Å². The van der Waals surface area contributed by atoms with Gasteiger partial charge in [0.1, 0.15) is 36.1 Å². The van der Waals surface area contributed by atoms with E-state index in [0.717, 1.165) is 22.3 Å². The molecule has 8 aromatic rings. The van der Waals surface area contributed by atoms with Gasteiger partial charge in [-0.2, -0.15) is 0 Å². The number of rotatable bonds is 12. The molecule has 54 heavy (non-hydrogen) atoms. The maximum Gasteiger partial charge on any atom is 0.202 e. The molecule has 0 saturated carbocycles. The highest BCUT2D eigenvalue weighted by Gasteiger charge is 2.30. The van der Waals surface area contributed by atoms with Crippen molar-refractivity contribution < 1.29 is 23.7 Å². The molecule has 0 aliphatic carbocycles. The minimum atomic E-state index is -0.286. The van der Waals surface area contributed by atoms with Gasteiger partial charge in [0.05, 0.1) is 36.4 Å². The molecule has 0 aliphatic rings. The molecule has 0 saturated heterocycles. The largest absolute Gasteiger partial charge is 0.497 e. The fraction of sp³-hybridized carbons (Fsp3) is 0.0851. The fourth-order valence-corrected chi connectivity index (χ4v) is 6.64. The van der Waals surface area contributed by atoms with Gasteiger partial charge < -0.3 is 18.9 Å². The Labute approximate surface area is 313 Å². The van der Waals surface area contributed by atoms with Crippen LogP contribution >= 0.6 is 0 Å². The van der Waals surface area contributed by atoms with Crippen LogP contribution in [-0.4, -0.2) is 30.0 Å². The minimum Gasteiger partial charge on any atom is -0.497 e. The van der Waals surface area contributed by atoms with Gasteiger partial charge in [0.25, 0.3) is 0 Å². The number of hydrogen-bond acceptors (Lipinski definition) is 7. The van der Waals surface area contributed by atoms with Gasteiger partial charge in [-0.15, -0.1) is 0 Å². The van der Waals surface area contributed by atoms with Gasteiger partial charge in [-0.3, -0.25) is 4.79 Å². The lowest BCUT2D eigenvalue weighted by Crippen LogP contribution is -2.13. The maximum absolute atomic E-state index is 15.9. The molecule has 0 N–H and O–H groups in total. The normalized spacial score (nSPS) is 11.0. The highest BCUT2D eigenvalue weighted by atomic mass is 16.5. The van der Waals surface area contributed by atoms with E-state index in [-0.39, 0.29) is 19.0 Å². The Morgan fingerprint density at radius 2 is 0.889 bits per heavy atom. The predicted molar refractivity (Wildman–Crippen MR) is 212 cm³/mol. The van der Waals surface area contributed by atoms with Crippen LogP contribution in [0, 0.1) is 0 Å². The summed E-state index contributed by atoms with van der Waals surface area (Å²) in [6, 6.07) is 50.3. The number of carbonyl (C=O) groups is 1. The van der Waals surface area contributed by atoms with Gasteiger partial charge in [-0.25, -0.2) is 9.97 Å². The molecule has 0 atom stereocenters. The van der Waals surface area contributed by atoms with Crippen molar-refractivity contribution in [3.05, 3.63) is 180 Å². The second kappa shape index (κ2) is 15.3. The van der Waals surface area contributed by atoms with E-state index in [1.807, 2.05) is 158 Å². The first-order valence-corrected chi connectivity index (χ1v) is 17.6. The van der Waals surface area contributed by atoms with Crippen LogP contribution in [0.1, 0.15) is 27.0 Å². The highest BCUT2D eigenvalue weighted by Crippen LogP contribution is 2.44. The number of fused-ring (bicyclic) bond motifs is 2. The van der Waals surface area contributed by atoms with Crippen LogP contribution in [-0.2, 0) is 13.2 Å². The van der Waals surface area contributed by atoms with E-state index in [0.29, 0.717) is 67.3 Å². The summed E-state index contributed by atoms with van der Waals surface area (Å²) in [6.07, 6.45) is 0. The zero-order valence-electron chi connectivity index (χ0n) is 29.9. The molecule has 0 spiro atoms. The number of ether oxygens (including phenoxy) is 4. The number of ketones is 1. The number of hydrogen-bond donors (Lipinski definition) is 0. The summed E-state index contributed by atoms with van der Waals surface area (Å²) in [5, 5.41) is 1.30. The number of para-hydroxylation sites is 2. The molecule has 6 aromatic carbocycles. The minimum absolute atomic E-state index is 0.210. The second-order valence-electron chi connectivity index (χ2n) is 12.7. The number of methoxy groups -OCH3 is 2. The van der Waals surface area contributed by atoms with Crippen LogP contribution in [0.15, 0.2) is 158 Å². The Kier molecular flexibility index (Phi) is 9.68. The molecular weight excluding hydrogens is 673 g/mol. The van der Waals surface area contributed by atoms with Crippen LogP contribution in [0.4, 0.5) is 0 Å². The molecule has 8 rings (SSSR count). The van der Waals surface area contributed by atoms with Gasteiger partial charge in [0.15, 0.2) is 11.5 Å². The van der Waals surface area contributed by atoms with Crippen LogP contribution in [0.25, 0.3) is 44.3 Å². The van der Waals surface area contributed by atoms with Crippen molar-refractivity contribution >= 4 is 27.6 Å². The third-order valence-corrected chi connectivity index (χ3v) is 9.29. The van der Waals surface area contributed by atoms with Crippen molar-refractivity contribution in [3.63, 3.8) is 0 Å². The monoisotopic (exact) mass is 708 g/mol. The molecule has 0 fully saturated rings. The summed E-state index contributed by atoms with van der Waals surface area (Å²) >= 11 is 0. The molecule has 0 amide bonds. The van der Waals surface area contributed by atoms with Crippen molar-refractivity contribution in [1.29, 1.82) is 0 Å². The average Bonchev–Trinajstić information content (AvgIpc) is 3.24. The summed E-state index contributed by atoms with van der Waals surface area (Å²) in [7, 11) is 3.25. The fourth-order valence-electron chi connectivity index (χ4n) is 6.64. The third-order valence-electron chi connectivity index (χ3n) is 9.29. The molecule has 7 nitrogen and oxygen atoms in total. The van der Waals surface area contributed by atoms with E-state index in [1.165, 1.54) is 0 Å². The van der Waals surface area contributed by atoms with Gasteiger partial charge >= 0.3 is 0 Å². The lowest BCUT2D eigenvalue weighted by Gasteiger charge is -2.21. The average molecular weight is 709 g/mol. The molecule has 0 aliphatic heterocycles. The topological polar surface area (TPSA) is 79.8 Å². The first-order valence-electron chi connectivity index (χ1n) is 17.6. The molecule has 0 radical (unpaired) electrons. The van der Waals surface area contributed by atoms with Gasteiger partial charge in [-0.1, -0.05) is 121 Å². The van der Waals surface area contributed by atoms with Crippen molar-refractivity contribution in [3.8, 4) is 45.5 Å². The maximum atomic E-state index is 15.9. The van der Waals surface area contributed by atoms with Gasteiger partial charge in [0.2, 0.25) is 5.78 Å². The van der Waals surface area contributed by atoms with E-state index < -0.39 is 0 Å². The lowest BCUT2D eigenvalue weighted by atomic mass is 9.92. The predicted octanol–water partition coefficient (Wildman–Crippen LogP) is 10.5. The molecule has 2 aromatic heterocycles. The SMILES string of the molecule is COc1cccc(-c2nc3ccccc3c(C(=O)c3c(OCc4ccccc4)c(-c4cccc(OC)c4)nc4ccccc34)c2OCc2ccccc2)c1. The van der Waals surface area contributed by atoms with Gasteiger partial charge in [-0.05, 0) is 47.5 Å². The third kappa shape index (κ3) is 6.83. The number of aromatic nitrogens is 2. The summed E-state index contributed by atoms with van der Waals surface area (Å²) < 4.78 is 24.7. The van der Waals surface area contributed by atoms with E-state index in [2.05, 4.69) is 0 Å². The summed E-state index contributed by atoms with van der Waals surface area (Å²) in [5.74, 6) is 1.74.